The number of ether oxygens (including phenoxy) is 1. The molecule has 5 unspecified atom stereocenters. The molecule has 0 spiro atoms. The van der Waals surface area contributed by atoms with Gasteiger partial charge in [0.1, 0.15) is 5.60 Å². The number of esters is 1. The SMILES string of the molecule is C=C(C)C(=O)OC12CC3CC(O)(CC(C)(C3)C1C)C2. The number of hydrogen-bond donors (Lipinski definition) is 1. The first-order chi connectivity index (χ1) is 8.68. The largest absolute Gasteiger partial charge is 0.455 e. The van der Waals surface area contributed by atoms with Gasteiger partial charge in [-0.25, -0.2) is 4.79 Å². The molecule has 4 aliphatic rings. The van der Waals surface area contributed by atoms with Gasteiger partial charge in [0.15, 0.2) is 0 Å². The number of aliphatic hydroxyl groups is 1. The highest BCUT2D eigenvalue weighted by atomic mass is 16.6. The highest BCUT2D eigenvalue weighted by Crippen LogP contribution is 2.66. The number of hydrogen-bond acceptors (Lipinski definition) is 3. The Labute approximate surface area is 115 Å². The summed E-state index contributed by atoms with van der Waals surface area (Å²) in [5.74, 6) is 0.493. The smallest absolute Gasteiger partial charge is 0.333 e. The van der Waals surface area contributed by atoms with Crippen molar-refractivity contribution in [1.29, 1.82) is 0 Å². The second-order valence-electron chi connectivity index (χ2n) is 7.67. The molecule has 4 aliphatic carbocycles. The van der Waals surface area contributed by atoms with E-state index in [1.165, 1.54) is 0 Å². The molecule has 0 radical (unpaired) electrons. The zero-order valence-electron chi connectivity index (χ0n) is 12.2. The lowest BCUT2D eigenvalue weighted by Gasteiger charge is -2.66. The van der Waals surface area contributed by atoms with Gasteiger partial charge in [-0.3, -0.25) is 0 Å². The van der Waals surface area contributed by atoms with Crippen LogP contribution in [-0.4, -0.2) is 22.3 Å². The topological polar surface area (TPSA) is 46.5 Å². The fourth-order valence-electron chi connectivity index (χ4n) is 5.29. The molecular weight excluding hydrogens is 240 g/mol. The summed E-state index contributed by atoms with van der Waals surface area (Å²) in [6, 6.07) is 0. The van der Waals surface area contributed by atoms with Crippen LogP contribution in [0.15, 0.2) is 12.2 Å². The van der Waals surface area contributed by atoms with E-state index in [1.807, 2.05) is 0 Å². The molecule has 4 fully saturated rings. The predicted octanol–water partition coefficient (Wildman–Crippen LogP) is 2.83. The van der Waals surface area contributed by atoms with Crippen LogP contribution in [0.5, 0.6) is 0 Å². The summed E-state index contributed by atoms with van der Waals surface area (Å²) in [6.07, 6.45) is 4.39. The van der Waals surface area contributed by atoms with E-state index in [0.29, 0.717) is 23.8 Å². The van der Waals surface area contributed by atoms with Gasteiger partial charge in [-0.2, -0.15) is 0 Å². The minimum absolute atomic E-state index is 0.101. The van der Waals surface area contributed by atoms with Crippen molar-refractivity contribution in [3.05, 3.63) is 12.2 Å². The van der Waals surface area contributed by atoms with Crippen LogP contribution >= 0.6 is 0 Å². The van der Waals surface area contributed by atoms with E-state index < -0.39 is 11.2 Å². The molecule has 106 valence electrons. The average molecular weight is 264 g/mol. The second kappa shape index (κ2) is 3.63. The van der Waals surface area contributed by atoms with Gasteiger partial charge in [-0.05, 0) is 43.9 Å². The van der Waals surface area contributed by atoms with Gasteiger partial charge < -0.3 is 9.84 Å². The molecule has 4 saturated carbocycles. The molecule has 0 aromatic heterocycles. The van der Waals surface area contributed by atoms with Gasteiger partial charge in [0.05, 0.1) is 5.60 Å². The molecule has 0 heterocycles. The molecule has 3 nitrogen and oxygen atoms in total. The Morgan fingerprint density at radius 2 is 2.00 bits per heavy atom. The lowest BCUT2D eigenvalue weighted by molar-refractivity contribution is -0.264. The molecular formula is C16H24O3. The Morgan fingerprint density at radius 3 is 2.58 bits per heavy atom. The summed E-state index contributed by atoms with van der Waals surface area (Å²) >= 11 is 0. The summed E-state index contributed by atoms with van der Waals surface area (Å²) in [5.41, 5.74) is -0.555. The van der Waals surface area contributed by atoms with Crippen LogP contribution in [0, 0.1) is 17.3 Å². The molecule has 19 heavy (non-hydrogen) atoms. The number of rotatable bonds is 2. The maximum absolute atomic E-state index is 12.0. The van der Waals surface area contributed by atoms with Crippen molar-refractivity contribution in [2.24, 2.45) is 17.3 Å². The third-order valence-corrected chi connectivity index (χ3v) is 5.90. The Hall–Kier alpha value is -0.830. The van der Waals surface area contributed by atoms with Gasteiger partial charge >= 0.3 is 5.97 Å². The van der Waals surface area contributed by atoms with Crippen molar-refractivity contribution in [2.45, 2.75) is 64.1 Å². The minimum Gasteiger partial charge on any atom is -0.455 e. The van der Waals surface area contributed by atoms with Crippen LogP contribution in [0.25, 0.3) is 0 Å². The van der Waals surface area contributed by atoms with E-state index in [-0.39, 0.29) is 11.4 Å². The normalized spacial score (nSPS) is 51.2. The van der Waals surface area contributed by atoms with Crippen LogP contribution in [0.2, 0.25) is 0 Å². The van der Waals surface area contributed by atoms with E-state index in [4.69, 9.17) is 4.74 Å². The maximum atomic E-state index is 12.0. The van der Waals surface area contributed by atoms with Crippen LogP contribution in [0.4, 0.5) is 0 Å². The fourth-order valence-corrected chi connectivity index (χ4v) is 5.29. The summed E-state index contributed by atoms with van der Waals surface area (Å²) in [5, 5.41) is 10.8. The van der Waals surface area contributed by atoms with Gasteiger partial charge in [0.25, 0.3) is 0 Å². The number of carbonyl (C=O) groups is 1. The van der Waals surface area contributed by atoms with E-state index in [0.717, 1.165) is 25.7 Å². The van der Waals surface area contributed by atoms with Crippen molar-refractivity contribution in [1.82, 2.24) is 0 Å². The van der Waals surface area contributed by atoms with E-state index in [2.05, 4.69) is 20.4 Å². The Balaban J connectivity index is 1.96. The molecule has 0 saturated heterocycles. The monoisotopic (exact) mass is 264 g/mol. The summed E-state index contributed by atoms with van der Waals surface area (Å²) in [6.45, 7) is 9.79. The zero-order chi connectivity index (χ0) is 14.1. The summed E-state index contributed by atoms with van der Waals surface area (Å²) in [7, 11) is 0. The minimum atomic E-state index is -0.627. The van der Waals surface area contributed by atoms with E-state index >= 15 is 0 Å². The first-order valence-corrected chi connectivity index (χ1v) is 7.29. The average Bonchev–Trinajstić information content (AvgIpc) is 2.22. The van der Waals surface area contributed by atoms with Crippen molar-refractivity contribution in [3.8, 4) is 0 Å². The van der Waals surface area contributed by atoms with Crippen molar-refractivity contribution in [2.75, 3.05) is 0 Å². The van der Waals surface area contributed by atoms with Crippen molar-refractivity contribution < 1.29 is 14.6 Å². The zero-order valence-corrected chi connectivity index (χ0v) is 12.2. The Bertz CT molecular complexity index is 457. The van der Waals surface area contributed by atoms with Crippen molar-refractivity contribution in [3.63, 3.8) is 0 Å². The molecule has 0 aromatic rings. The Morgan fingerprint density at radius 1 is 1.32 bits per heavy atom. The molecule has 0 aromatic carbocycles. The predicted molar refractivity (Wildman–Crippen MR) is 72.4 cm³/mol. The highest BCUT2D eigenvalue weighted by Gasteiger charge is 2.67. The van der Waals surface area contributed by atoms with E-state index in [9.17, 15) is 9.90 Å². The van der Waals surface area contributed by atoms with Gasteiger partial charge in [0, 0.05) is 17.9 Å². The molecule has 4 rings (SSSR count). The lowest BCUT2D eigenvalue weighted by atomic mass is 9.43. The summed E-state index contributed by atoms with van der Waals surface area (Å²) < 4.78 is 5.86. The first kappa shape index (κ1) is 13.2. The molecule has 0 amide bonds. The summed E-state index contributed by atoms with van der Waals surface area (Å²) in [4.78, 5) is 12.0. The van der Waals surface area contributed by atoms with Crippen molar-refractivity contribution >= 4 is 5.97 Å². The first-order valence-electron chi connectivity index (χ1n) is 7.29. The number of carbonyl (C=O) groups excluding carboxylic acids is 1. The third-order valence-electron chi connectivity index (χ3n) is 5.90. The maximum Gasteiger partial charge on any atom is 0.333 e. The second-order valence-corrected chi connectivity index (χ2v) is 7.67. The van der Waals surface area contributed by atoms with Gasteiger partial charge in [0.2, 0.25) is 0 Å². The lowest BCUT2D eigenvalue weighted by Crippen LogP contribution is -2.68. The molecule has 3 heteroatoms. The highest BCUT2D eigenvalue weighted by molar-refractivity contribution is 5.87. The molecule has 5 atom stereocenters. The van der Waals surface area contributed by atoms with Gasteiger partial charge in [-0.15, -0.1) is 0 Å². The fraction of sp³-hybridized carbons (Fsp3) is 0.812. The quantitative estimate of drug-likeness (QED) is 0.616. The van der Waals surface area contributed by atoms with Crippen LogP contribution < -0.4 is 0 Å². The Kier molecular flexibility index (Phi) is 2.52. The molecule has 1 N–H and O–H groups in total. The molecule has 0 aliphatic heterocycles. The van der Waals surface area contributed by atoms with Crippen LogP contribution in [0.3, 0.4) is 0 Å². The van der Waals surface area contributed by atoms with Gasteiger partial charge in [-0.1, -0.05) is 20.4 Å². The van der Waals surface area contributed by atoms with E-state index in [1.54, 1.807) is 6.92 Å². The van der Waals surface area contributed by atoms with Crippen LogP contribution in [0.1, 0.15) is 52.9 Å². The van der Waals surface area contributed by atoms with Crippen LogP contribution in [-0.2, 0) is 9.53 Å². The standard InChI is InChI=1S/C16H24O3/c1-10(2)13(17)19-16-7-12-5-14(4,11(16)3)8-15(18,6-12)9-16/h11-12,18H,1,5-9H2,2-4H3. The third kappa shape index (κ3) is 1.78. The molecule has 4 bridgehead atoms.